The third-order valence-electron chi connectivity index (χ3n) is 8.31. The molecule has 2 heterocycles. The van der Waals surface area contributed by atoms with Gasteiger partial charge in [0, 0.05) is 30.6 Å². The molecule has 1 saturated heterocycles. The van der Waals surface area contributed by atoms with Gasteiger partial charge in [0.25, 0.3) is 11.8 Å². The number of nitrogens with one attached hydrogen (secondary N) is 2. The Morgan fingerprint density at radius 1 is 1.00 bits per heavy atom. The van der Waals surface area contributed by atoms with Crippen molar-refractivity contribution < 1.29 is 32.3 Å². The Morgan fingerprint density at radius 2 is 1.76 bits per heavy atom. The summed E-state index contributed by atoms with van der Waals surface area (Å²) in [4.78, 5) is 50.6. The number of nitrogens with zero attached hydrogens (tertiary/aromatic N) is 1. The van der Waals surface area contributed by atoms with E-state index in [0.29, 0.717) is 24.0 Å². The number of hydrogen-bond acceptors (Lipinski definition) is 4. The number of imide groups is 1. The molecule has 0 bridgehead atoms. The highest BCUT2D eigenvalue weighted by Crippen LogP contribution is 2.62. The molecule has 1 spiro atoms. The molecule has 2 N–H and O–H groups in total. The number of rotatable bonds is 4. The van der Waals surface area contributed by atoms with Crippen LogP contribution in [-0.2, 0) is 16.1 Å². The molecule has 0 radical (unpaired) electrons. The zero-order valence-electron chi connectivity index (χ0n) is 19.8. The van der Waals surface area contributed by atoms with Gasteiger partial charge in [-0.3, -0.25) is 24.5 Å². The van der Waals surface area contributed by atoms with Crippen molar-refractivity contribution in [1.82, 2.24) is 15.5 Å². The average Bonchev–Trinajstić information content (AvgIpc) is 3.09. The first-order valence-corrected chi connectivity index (χ1v) is 12.4. The van der Waals surface area contributed by atoms with E-state index in [9.17, 15) is 32.3 Å². The average molecular weight is 512 g/mol. The third-order valence-corrected chi connectivity index (χ3v) is 8.31. The Bertz CT molecular complexity index is 1360. The van der Waals surface area contributed by atoms with Crippen LogP contribution in [0.2, 0.25) is 0 Å². The van der Waals surface area contributed by atoms with Gasteiger partial charge in [-0.2, -0.15) is 0 Å². The smallest absolute Gasteiger partial charge is 0.255 e. The molecule has 6 rings (SSSR count). The molecule has 3 fully saturated rings. The van der Waals surface area contributed by atoms with Crippen LogP contribution in [0.25, 0.3) is 0 Å². The standard InChI is InChI=1S/C27H24F3N3O4/c28-15-1-2-17(20(29)6-15)14-8-27(9-14)10-16(11-27)31-24(35)19-5-13-12-33(26(37)18(13)7-21(19)30)22-3-4-23(34)32-25(22)36/h1-2,5-7,14,16,22H,3-4,8-12H2,(H,31,35)(H,32,34,36). The van der Waals surface area contributed by atoms with Crippen molar-refractivity contribution in [3.05, 3.63) is 70.0 Å². The zero-order chi connectivity index (χ0) is 26.1. The number of carbonyl (C=O) groups is 4. The highest BCUT2D eigenvalue weighted by Gasteiger charge is 2.54. The van der Waals surface area contributed by atoms with Gasteiger partial charge in [0.1, 0.15) is 23.5 Å². The molecule has 2 aromatic carbocycles. The molecule has 4 amide bonds. The van der Waals surface area contributed by atoms with Crippen LogP contribution in [-0.4, -0.2) is 40.6 Å². The molecule has 2 aromatic rings. The molecule has 192 valence electrons. The van der Waals surface area contributed by atoms with Crippen molar-refractivity contribution >= 4 is 23.6 Å². The quantitative estimate of drug-likeness (QED) is 0.616. The lowest BCUT2D eigenvalue weighted by molar-refractivity contribution is -0.136. The molecule has 10 heteroatoms. The topological polar surface area (TPSA) is 95.6 Å². The predicted octanol–water partition coefficient (Wildman–Crippen LogP) is 3.32. The highest BCUT2D eigenvalue weighted by molar-refractivity contribution is 6.06. The monoisotopic (exact) mass is 511 g/mol. The summed E-state index contributed by atoms with van der Waals surface area (Å²) in [7, 11) is 0. The molecule has 2 aliphatic carbocycles. The lowest BCUT2D eigenvalue weighted by Crippen LogP contribution is -2.55. The molecular weight excluding hydrogens is 487 g/mol. The van der Waals surface area contributed by atoms with Crippen molar-refractivity contribution in [2.45, 2.75) is 63.1 Å². The number of halogens is 3. The van der Waals surface area contributed by atoms with Crippen LogP contribution in [0.15, 0.2) is 30.3 Å². The summed E-state index contributed by atoms with van der Waals surface area (Å²) in [6.45, 7) is 0.0505. The summed E-state index contributed by atoms with van der Waals surface area (Å²) in [5.74, 6) is -3.97. The number of benzene rings is 2. The molecule has 7 nitrogen and oxygen atoms in total. The van der Waals surface area contributed by atoms with Gasteiger partial charge in [-0.15, -0.1) is 0 Å². The van der Waals surface area contributed by atoms with Crippen LogP contribution in [0.4, 0.5) is 13.2 Å². The lowest BCUT2D eigenvalue weighted by atomic mass is 9.49. The molecule has 2 saturated carbocycles. The van der Waals surface area contributed by atoms with Crippen LogP contribution >= 0.6 is 0 Å². The highest BCUT2D eigenvalue weighted by atomic mass is 19.1. The summed E-state index contributed by atoms with van der Waals surface area (Å²) >= 11 is 0. The third kappa shape index (κ3) is 3.98. The first kappa shape index (κ1) is 23.7. The van der Waals surface area contributed by atoms with Crippen LogP contribution in [0.3, 0.4) is 0 Å². The Labute approximate surface area is 210 Å². The van der Waals surface area contributed by atoms with Gasteiger partial charge in [-0.25, -0.2) is 13.2 Å². The van der Waals surface area contributed by atoms with E-state index in [1.165, 1.54) is 23.1 Å². The SMILES string of the molecule is O=C1CCC(N2Cc3cc(C(=O)NC4CC5(C4)CC(c4ccc(F)cc4F)C5)c(F)cc3C2=O)C(=O)N1. The van der Waals surface area contributed by atoms with Crippen molar-refractivity contribution in [1.29, 1.82) is 0 Å². The first-order valence-electron chi connectivity index (χ1n) is 12.4. The molecule has 0 aromatic heterocycles. The van der Waals surface area contributed by atoms with Crippen LogP contribution in [0.1, 0.15) is 76.3 Å². The fourth-order valence-electron chi connectivity index (χ4n) is 6.49. The van der Waals surface area contributed by atoms with Crippen LogP contribution in [0.5, 0.6) is 0 Å². The Kier molecular flexibility index (Phi) is 5.40. The number of piperidine rings is 1. The minimum absolute atomic E-state index is 0.00872. The maximum Gasteiger partial charge on any atom is 0.255 e. The van der Waals surface area contributed by atoms with E-state index in [4.69, 9.17) is 0 Å². The Hall–Kier alpha value is -3.69. The van der Waals surface area contributed by atoms with E-state index in [2.05, 4.69) is 10.6 Å². The van der Waals surface area contributed by atoms with Gasteiger partial charge >= 0.3 is 0 Å². The summed E-state index contributed by atoms with van der Waals surface area (Å²) in [5.41, 5.74) is 0.914. The molecule has 1 atom stereocenters. The fraction of sp³-hybridized carbons (Fsp3) is 0.407. The van der Waals surface area contributed by atoms with Gasteiger partial charge in [-0.1, -0.05) is 6.07 Å². The fourth-order valence-corrected chi connectivity index (χ4v) is 6.49. The summed E-state index contributed by atoms with van der Waals surface area (Å²) < 4.78 is 42.1. The number of carbonyl (C=O) groups excluding carboxylic acids is 4. The zero-order valence-corrected chi connectivity index (χ0v) is 19.8. The van der Waals surface area contributed by atoms with Gasteiger partial charge in [-0.05, 0) is 72.8 Å². The normalized spacial score (nSPS) is 28.5. The minimum atomic E-state index is -0.821. The maximum atomic E-state index is 14.9. The first-order chi connectivity index (χ1) is 17.6. The summed E-state index contributed by atoms with van der Waals surface area (Å²) in [6, 6.07) is 5.08. The summed E-state index contributed by atoms with van der Waals surface area (Å²) in [5, 5.41) is 5.07. The maximum absolute atomic E-state index is 14.9. The van der Waals surface area contributed by atoms with E-state index in [1.807, 2.05) is 0 Å². The van der Waals surface area contributed by atoms with Crippen molar-refractivity contribution in [3.8, 4) is 0 Å². The number of hydrogen-bond donors (Lipinski definition) is 2. The van der Waals surface area contributed by atoms with E-state index in [1.54, 1.807) is 0 Å². The van der Waals surface area contributed by atoms with Crippen molar-refractivity contribution in [2.24, 2.45) is 5.41 Å². The Morgan fingerprint density at radius 3 is 2.46 bits per heavy atom. The molecule has 2 aliphatic heterocycles. The van der Waals surface area contributed by atoms with Gasteiger partial charge in [0.2, 0.25) is 11.8 Å². The van der Waals surface area contributed by atoms with Crippen LogP contribution < -0.4 is 10.6 Å². The van der Waals surface area contributed by atoms with E-state index >= 15 is 0 Å². The molecular formula is C27H24F3N3O4. The van der Waals surface area contributed by atoms with E-state index < -0.39 is 47.1 Å². The second-order valence-electron chi connectivity index (χ2n) is 10.7. The minimum Gasteiger partial charge on any atom is -0.349 e. The largest absolute Gasteiger partial charge is 0.349 e. The number of amides is 4. The predicted molar refractivity (Wildman–Crippen MR) is 124 cm³/mol. The van der Waals surface area contributed by atoms with Gasteiger partial charge < -0.3 is 10.2 Å². The molecule has 1 unspecified atom stereocenters. The van der Waals surface area contributed by atoms with Gasteiger partial charge in [0.05, 0.1) is 5.56 Å². The molecule has 37 heavy (non-hydrogen) atoms. The van der Waals surface area contributed by atoms with E-state index in [-0.39, 0.29) is 47.9 Å². The van der Waals surface area contributed by atoms with Crippen LogP contribution in [0, 0.1) is 22.9 Å². The lowest BCUT2D eigenvalue weighted by Gasteiger charge is -2.58. The Balaban J connectivity index is 1.08. The van der Waals surface area contributed by atoms with E-state index in [0.717, 1.165) is 25.0 Å². The number of fused-ring (bicyclic) bond motifs is 1. The van der Waals surface area contributed by atoms with Gasteiger partial charge in [0.15, 0.2) is 0 Å². The second-order valence-corrected chi connectivity index (χ2v) is 10.7. The van der Waals surface area contributed by atoms with Crippen molar-refractivity contribution in [2.75, 3.05) is 0 Å². The van der Waals surface area contributed by atoms with Crippen molar-refractivity contribution in [3.63, 3.8) is 0 Å². The summed E-state index contributed by atoms with van der Waals surface area (Å²) in [6.07, 6.45) is 3.22. The second kappa shape index (κ2) is 8.43. The molecule has 4 aliphatic rings.